The van der Waals surface area contributed by atoms with Crippen LogP contribution in [0.25, 0.3) is 0 Å². The Kier molecular flexibility index (Phi) is 3.93. The van der Waals surface area contributed by atoms with Crippen LogP contribution < -0.4 is 5.56 Å². The Morgan fingerprint density at radius 3 is 2.59 bits per heavy atom. The number of H-pyrrole nitrogens is 1. The summed E-state index contributed by atoms with van der Waals surface area (Å²) < 4.78 is 0.672. The Bertz CT molecular complexity index is 563. The lowest BCUT2D eigenvalue weighted by Crippen LogP contribution is -2.17. The van der Waals surface area contributed by atoms with Gasteiger partial charge in [-0.2, -0.15) is 0 Å². The number of aromatic nitrogens is 2. The number of rotatable bonds is 3. The molecule has 0 saturated heterocycles. The number of aromatic amines is 1. The summed E-state index contributed by atoms with van der Waals surface area (Å²) in [4.78, 5) is 18.8. The normalized spacial score (nSPS) is 10.5. The van der Waals surface area contributed by atoms with Gasteiger partial charge < -0.3 is 4.98 Å². The van der Waals surface area contributed by atoms with E-state index in [4.69, 9.17) is 0 Å². The average molecular weight is 340 g/mol. The largest absolute Gasteiger partial charge is 0.310 e. The lowest BCUT2D eigenvalue weighted by molar-refractivity contribution is 0.829. The third-order valence-corrected chi connectivity index (χ3v) is 3.84. The van der Waals surface area contributed by atoms with Crippen molar-refractivity contribution in [2.45, 2.75) is 19.8 Å². The summed E-state index contributed by atoms with van der Waals surface area (Å²) in [5.74, 6) is 0.761. The number of hydrogen-bond acceptors (Lipinski definition) is 2. The summed E-state index contributed by atoms with van der Waals surface area (Å²) in [5, 5.41) is 0. The molecule has 0 aliphatic rings. The average Bonchev–Trinajstić information content (AvgIpc) is 2.34. The molecule has 4 heteroatoms. The van der Waals surface area contributed by atoms with E-state index in [1.54, 1.807) is 0 Å². The topological polar surface area (TPSA) is 45.8 Å². The van der Waals surface area contributed by atoms with Crippen molar-refractivity contribution < 1.29 is 0 Å². The number of nitrogens with zero attached hydrogens (tertiary/aromatic N) is 1. The van der Waals surface area contributed by atoms with Crippen LogP contribution >= 0.6 is 22.6 Å². The molecule has 0 fully saturated rings. The fourth-order valence-electron chi connectivity index (χ4n) is 1.66. The van der Waals surface area contributed by atoms with Crippen molar-refractivity contribution >= 4 is 22.6 Å². The van der Waals surface area contributed by atoms with E-state index < -0.39 is 0 Å². The molecule has 3 nitrogen and oxygen atoms in total. The maximum atomic E-state index is 11.6. The predicted molar refractivity (Wildman–Crippen MR) is 76.2 cm³/mol. The van der Waals surface area contributed by atoms with Crippen molar-refractivity contribution in [3.8, 4) is 0 Å². The molecule has 0 saturated carbocycles. The van der Waals surface area contributed by atoms with Crippen LogP contribution in [0, 0.1) is 10.5 Å². The number of hydrogen-bond donors (Lipinski definition) is 1. The molecule has 1 heterocycles. The Morgan fingerprint density at radius 1 is 1.24 bits per heavy atom. The molecule has 0 aliphatic carbocycles. The standard InChI is InChI=1S/C13H13IN2O/c1-9-12(14)13(17)16-11(15-9)8-7-10-5-3-2-4-6-10/h2-6H,7-8H2,1H3,(H,15,16,17). The molecule has 1 N–H and O–H groups in total. The number of nitrogens with one attached hydrogen (secondary N) is 1. The summed E-state index contributed by atoms with van der Waals surface area (Å²) in [6.07, 6.45) is 1.65. The molecular weight excluding hydrogens is 327 g/mol. The van der Waals surface area contributed by atoms with Gasteiger partial charge in [-0.15, -0.1) is 0 Å². The highest BCUT2D eigenvalue weighted by Crippen LogP contribution is 2.06. The van der Waals surface area contributed by atoms with Gasteiger partial charge in [-0.3, -0.25) is 4.79 Å². The van der Waals surface area contributed by atoms with Crippen molar-refractivity contribution in [2.24, 2.45) is 0 Å². The second-order valence-corrected chi connectivity index (χ2v) is 4.98. The van der Waals surface area contributed by atoms with Gasteiger partial charge in [0.1, 0.15) is 5.82 Å². The number of halogens is 1. The van der Waals surface area contributed by atoms with Crippen molar-refractivity contribution in [1.29, 1.82) is 0 Å². The first-order chi connectivity index (χ1) is 8.16. The molecule has 0 unspecified atom stereocenters. The second kappa shape index (κ2) is 5.44. The summed E-state index contributed by atoms with van der Waals surface area (Å²) in [7, 11) is 0. The highest BCUT2D eigenvalue weighted by Gasteiger charge is 2.04. The minimum absolute atomic E-state index is 0.0406. The molecule has 17 heavy (non-hydrogen) atoms. The molecule has 88 valence electrons. The van der Waals surface area contributed by atoms with Crippen LogP contribution in [0.15, 0.2) is 35.1 Å². The van der Waals surface area contributed by atoms with Gasteiger partial charge in [0.15, 0.2) is 0 Å². The van der Waals surface area contributed by atoms with Crippen LogP contribution in [0.1, 0.15) is 17.1 Å². The van der Waals surface area contributed by atoms with Crippen LogP contribution in [-0.2, 0) is 12.8 Å². The van der Waals surface area contributed by atoms with Crippen LogP contribution in [0.5, 0.6) is 0 Å². The molecule has 0 spiro atoms. The molecule has 0 radical (unpaired) electrons. The zero-order valence-electron chi connectivity index (χ0n) is 9.53. The monoisotopic (exact) mass is 340 g/mol. The molecule has 0 amide bonds. The lowest BCUT2D eigenvalue weighted by atomic mass is 10.1. The Balaban J connectivity index is 2.13. The summed E-state index contributed by atoms with van der Waals surface area (Å²) >= 11 is 2.02. The fraction of sp³-hybridized carbons (Fsp3) is 0.231. The minimum atomic E-state index is -0.0406. The summed E-state index contributed by atoms with van der Waals surface area (Å²) in [6.45, 7) is 1.86. The molecule has 2 aromatic rings. The molecule has 1 aromatic carbocycles. The molecule has 2 rings (SSSR count). The zero-order valence-corrected chi connectivity index (χ0v) is 11.7. The van der Waals surface area contributed by atoms with Crippen LogP contribution in [0.3, 0.4) is 0 Å². The molecular formula is C13H13IN2O. The molecule has 0 aliphatic heterocycles. The van der Waals surface area contributed by atoms with Crippen molar-refractivity contribution in [2.75, 3.05) is 0 Å². The summed E-state index contributed by atoms with van der Waals surface area (Å²) in [6, 6.07) is 10.2. The van der Waals surface area contributed by atoms with Crippen LogP contribution in [0.2, 0.25) is 0 Å². The highest BCUT2D eigenvalue weighted by atomic mass is 127. The van der Waals surface area contributed by atoms with E-state index in [1.807, 2.05) is 47.7 Å². The number of aryl methyl sites for hydroxylation is 3. The zero-order chi connectivity index (χ0) is 12.3. The minimum Gasteiger partial charge on any atom is -0.310 e. The molecule has 1 aromatic heterocycles. The predicted octanol–water partition coefficient (Wildman–Crippen LogP) is 2.47. The van der Waals surface area contributed by atoms with Crippen LogP contribution in [0.4, 0.5) is 0 Å². The van der Waals surface area contributed by atoms with Crippen LogP contribution in [-0.4, -0.2) is 9.97 Å². The van der Waals surface area contributed by atoms with E-state index in [2.05, 4.69) is 22.1 Å². The SMILES string of the molecule is Cc1nc(CCc2ccccc2)[nH]c(=O)c1I. The van der Waals surface area contributed by atoms with E-state index in [9.17, 15) is 4.79 Å². The first-order valence-electron chi connectivity index (χ1n) is 5.46. The van der Waals surface area contributed by atoms with Crippen molar-refractivity contribution in [3.05, 3.63) is 61.3 Å². The first-order valence-corrected chi connectivity index (χ1v) is 6.54. The second-order valence-electron chi connectivity index (χ2n) is 3.90. The van der Waals surface area contributed by atoms with Gasteiger partial charge in [-0.25, -0.2) is 4.98 Å². The Morgan fingerprint density at radius 2 is 1.94 bits per heavy atom. The van der Waals surface area contributed by atoms with E-state index in [0.717, 1.165) is 24.4 Å². The number of benzene rings is 1. The van der Waals surface area contributed by atoms with E-state index in [-0.39, 0.29) is 5.56 Å². The highest BCUT2D eigenvalue weighted by molar-refractivity contribution is 14.1. The van der Waals surface area contributed by atoms with Crippen molar-refractivity contribution in [1.82, 2.24) is 9.97 Å². The third-order valence-electron chi connectivity index (χ3n) is 2.57. The van der Waals surface area contributed by atoms with Gasteiger partial charge in [0, 0.05) is 6.42 Å². The van der Waals surface area contributed by atoms with Gasteiger partial charge in [-0.05, 0) is 41.5 Å². The Labute approximate surface area is 113 Å². The quantitative estimate of drug-likeness (QED) is 0.873. The van der Waals surface area contributed by atoms with Gasteiger partial charge in [0.25, 0.3) is 5.56 Å². The Hall–Kier alpha value is -1.17. The first kappa shape index (κ1) is 12.3. The van der Waals surface area contributed by atoms with Crippen molar-refractivity contribution in [3.63, 3.8) is 0 Å². The van der Waals surface area contributed by atoms with Gasteiger partial charge in [0.05, 0.1) is 9.26 Å². The fourth-order valence-corrected chi connectivity index (χ4v) is 1.91. The maximum Gasteiger partial charge on any atom is 0.264 e. The van der Waals surface area contributed by atoms with Gasteiger partial charge >= 0.3 is 0 Å². The van der Waals surface area contributed by atoms with Gasteiger partial charge in [-0.1, -0.05) is 30.3 Å². The van der Waals surface area contributed by atoms with E-state index >= 15 is 0 Å². The molecule has 0 bridgehead atoms. The third kappa shape index (κ3) is 3.15. The molecule has 0 atom stereocenters. The smallest absolute Gasteiger partial charge is 0.264 e. The van der Waals surface area contributed by atoms with E-state index in [0.29, 0.717) is 3.57 Å². The van der Waals surface area contributed by atoms with Gasteiger partial charge in [0.2, 0.25) is 0 Å². The lowest BCUT2D eigenvalue weighted by Gasteiger charge is -2.03. The van der Waals surface area contributed by atoms with E-state index in [1.165, 1.54) is 5.56 Å². The summed E-state index contributed by atoms with van der Waals surface area (Å²) in [5.41, 5.74) is 2.02. The maximum absolute atomic E-state index is 11.6.